The molecule has 0 aromatic heterocycles. The summed E-state index contributed by atoms with van der Waals surface area (Å²) in [6, 6.07) is 0. The Morgan fingerprint density at radius 2 is 1.55 bits per heavy atom. The van der Waals surface area contributed by atoms with Gasteiger partial charge in [-0.05, 0) is 0 Å². The maximum atomic E-state index is 10.0. The molecule has 0 heterocycles. The van der Waals surface area contributed by atoms with Crippen LogP contribution in [0.1, 0.15) is 20.8 Å². The summed E-state index contributed by atoms with van der Waals surface area (Å²) in [5, 5.41) is 9.43. The maximum Gasteiger partial charge on any atom is 0.394 e. The van der Waals surface area contributed by atoms with Gasteiger partial charge >= 0.3 is 11.9 Å². The first kappa shape index (κ1) is 12.3. The van der Waals surface area contributed by atoms with Crippen LogP contribution in [-0.2, 0) is 14.4 Å². The maximum absolute atomic E-state index is 10.0. The first-order valence-corrected chi connectivity index (χ1v) is 3.09. The zero-order chi connectivity index (χ0) is 9.44. The summed E-state index contributed by atoms with van der Waals surface area (Å²) >= 11 is 0. The zero-order valence-electron chi connectivity index (χ0n) is 6.67. The van der Waals surface area contributed by atoms with Gasteiger partial charge in [-0.3, -0.25) is 14.9 Å². The fourth-order valence-electron chi connectivity index (χ4n) is 0.213. The molecule has 0 unspecified atom stereocenters. The highest BCUT2D eigenvalue weighted by Crippen LogP contribution is 1.65. The van der Waals surface area contributed by atoms with E-state index in [0.29, 0.717) is 0 Å². The normalized spacial score (nSPS) is 7.18. The molecule has 5 nitrogen and oxygen atoms in total. The minimum absolute atomic E-state index is 0.678. The largest absolute Gasteiger partial charge is 0.474 e. The van der Waals surface area contributed by atoms with E-state index >= 15 is 0 Å². The number of carboxylic acids is 1. The highest BCUT2D eigenvalue weighted by atomic mass is 16.4. The highest BCUT2D eigenvalue weighted by Gasteiger charge is 2.10. The number of nitrogens with one attached hydrogen (secondary N) is 1. The third kappa shape index (κ3) is 8.61. The molecule has 2 amide bonds. The van der Waals surface area contributed by atoms with Crippen LogP contribution >= 0.6 is 0 Å². The van der Waals surface area contributed by atoms with E-state index in [1.807, 2.05) is 13.8 Å². The Kier molecular flexibility index (Phi) is 7.52. The Balaban J connectivity index is 0. The highest BCUT2D eigenvalue weighted by molar-refractivity contribution is 6.34. The lowest BCUT2D eigenvalue weighted by atomic mass is 10.6. The van der Waals surface area contributed by atoms with Crippen molar-refractivity contribution in [3.05, 3.63) is 0 Å². The fourth-order valence-corrected chi connectivity index (χ4v) is 0.213. The molecule has 0 atom stereocenters. The van der Waals surface area contributed by atoms with Crippen LogP contribution in [0.5, 0.6) is 0 Å². The quantitative estimate of drug-likeness (QED) is 0.480. The first-order valence-electron chi connectivity index (χ1n) is 3.09. The lowest BCUT2D eigenvalue weighted by molar-refractivity contribution is -0.151. The van der Waals surface area contributed by atoms with Crippen LogP contribution in [0.3, 0.4) is 0 Å². The molecule has 0 fully saturated rings. The molecule has 2 N–H and O–H groups in total. The van der Waals surface area contributed by atoms with E-state index in [0.717, 1.165) is 6.92 Å². The van der Waals surface area contributed by atoms with Crippen LogP contribution in [0.2, 0.25) is 0 Å². The third-order valence-corrected chi connectivity index (χ3v) is 0.484. The molecule has 0 spiro atoms. The van der Waals surface area contributed by atoms with Crippen LogP contribution in [0.4, 0.5) is 0 Å². The SMILES string of the molecule is CC.CC(=O)NC(=O)C(=O)O. The van der Waals surface area contributed by atoms with Crippen molar-refractivity contribution in [1.82, 2.24) is 5.32 Å². The molecule has 0 aromatic rings. The summed E-state index contributed by atoms with van der Waals surface area (Å²) in [4.78, 5) is 29.7. The average Bonchev–Trinajstić information content (AvgIpc) is 1.90. The molecule has 0 bridgehead atoms. The molecule has 5 heteroatoms. The second-order valence-corrected chi connectivity index (χ2v) is 1.32. The molecule has 0 radical (unpaired) electrons. The lowest BCUT2D eigenvalue weighted by Crippen LogP contribution is -2.33. The second-order valence-electron chi connectivity index (χ2n) is 1.32. The number of hydrogen-bond donors (Lipinski definition) is 2. The van der Waals surface area contributed by atoms with E-state index in [2.05, 4.69) is 0 Å². The summed E-state index contributed by atoms with van der Waals surface area (Å²) in [6.07, 6.45) is 0. The van der Waals surface area contributed by atoms with E-state index in [4.69, 9.17) is 5.11 Å². The van der Waals surface area contributed by atoms with Gasteiger partial charge in [0.05, 0.1) is 0 Å². The smallest absolute Gasteiger partial charge is 0.394 e. The zero-order valence-corrected chi connectivity index (χ0v) is 6.67. The van der Waals surface area contributed by atoms with Crippen LogP contribution in [0, 0.1) is 0 Å². The van der Waals surface area contributed by atoms with Gasteiger partial charge < -0.3 is 5.11 Å². The van der Waals surface area contributed by atoms with E-state index in [-0.39, 0.29) is 0 Å². The molecule has 0 aliphatic carbocycles. The molecule has 11 heavy (non-hydrogen) atoms. The first-order chi connectivity index (χ1) is 5.04. The molecule has 0 saturated carbocycles. The van der Waals surface area contributed by atoms with Crippen molar-refractivity contribution in [2.24, 2.45) is 0 Å². The predicted octanol–water partition coefficient (Wildman–Crippen LogP) is -0.240. The summed E-state index contributed by atoms with van der Waals surface area (Å²) in [5.74, 6) is -3.64. The Morgan fingerprint density at radius 3 is 1.64 bits per heavy atom. The molecule has 64 valence electrons. The van der Waals surface area contributed by atoms with Gasteiger partial charge in [0.2, 0.25) is 5.91 Å². The van der Waals surface area contributed by atoms with Crippen LogP contribution in [0.15, 0.2) is 0 Å². The number of imide groups is 1. The van der Waals surface area contributed by atoms with Crippen LogP contribution in [0.25, 0.3) is 0 Å². The van der Waals surface area contributed by atoms with Crippen molar-refractivity contribution in [2.75, 3.05) is 0 Å². The topological polar surface area (TPSA) is 83.5 Å². The van der Waals surface area contributed by atoms with Crippen LogP contribution < -0.4 is 5.32 Å². The Morgan fingerprint density at radius 1 is 1.18 bits per heavy atom. The van der Waals surface area contributed by atoms with Crippen LogP contribution in [-0.4, -0.2) is 22.9 Å². The average molecular weight is 161 g/mol. The van der Waals surface area contributed by atoms with Gasteiger partial charge in [0.1, 0.15) is 0 Å². The standard InChI is InChI=1S/C4H5NO4.C2H6/c1-2(6)5-3(7)4(8)9;1-2/h1H3,(H,8,9)(H,5,6,7);1-2H3. The number of carbonyl (C=O) groups excluding carboxylic acids is 2. The van der Waals surface area contributed by atoms with Gasteiger partial charge in [-0.25, -0.2) is 4.79 Å². The second kappa shape index (κ2) is 6.73. The molecule has 0 rings (SSSR count). The van der Waals surface area contributed by atoms with E-state index in [1.54, 1.807) is 5.32 Å². The predicted molar refractivity (Wildman–Crippen MR) is 37.8 cm³/mol. The van der Waals surface area contributed by atoms with E-state index in [9.17, 15) is 14.4 Å². The summed E-state index contributed by atoms with van der Waals surface area (Å²) in [5.41, 5.74) is 0. The van der Waals surface area contributed by atoms with Crippen molar-refractivity contribution >= 4 is 17.8 Å². The number of rotatable bonds is 0. The number of carbonyl (C=O) groups is 3. The molecule has 0 aromatic carbocycles. The monoisotopic (exact) mass is 161 g/mol. The van der Waals surface area contributed by atoms with Gasteiger partial charge in [-0.15, -0.1) is 0 Å². The Bertz CT molecular complexity index is 164. The van der Waals surface area contributed by atoms with Gasteiger partial charge in [-0.1, -0.05) is 13.8 Å². The number of amides is 2. The van der Waals surface area contributed by atoms with Gasteiger partial charge in [-0.2, -0.15) is 0 Å². The Hall–Kier alpha value is -1.39. The minimum atomic E-state index is -1.66. The van der Waals surface area contributed by atoms with Gasteiger partial charge in [0.15, 0.2) is 0 Å². The van der Waals surface area contributed by atoms with Gasteiger partial charge in [0, 0.05) is 6.92 Å². The molecule has 0 aliphatic heterocycles. The lowest BCUT2D eigenvalue weighted by Gasteiger charge is -1.91. The van der Waals surface area contributed by atoms with Crippen molar-refractivity contribution < 1.29 is 19.5 Å². The van der Waals surface area contributed by atoms with E-state index < -0.39 is 17.8 Å². The summed E-state index contributed by atoms with van der Waals surface area (Å²) in [6.45, 7) is 5.06. The molecular formula is C6H11NO4. The minimum Gasteiger partial charge on any atom is -0.474 e. The van der Waals surface area contributed by atoms with Gasteiger partial charge in [0.25, 0.3) is 0 Å². The third-order valence-electron chi connectivity index (χ3n) is 0.484. The number of carboxylic acid groups (broad SMARTS) is 1. The summed E-state index contributed by atoms with van der Waals surface area (Å²) in [7, 11) is 0. The summed E-state index contributed by atoms with van der Waals surface area (Å²) < 4.78 is 0. The van der Waals surface area contributed by atoms with Crippen molar-refractivity contribution in [3.8, 4) is 0 Å². The van der Waals surface area contributed by atoms with Crippen molar-refractivity contribution in [1.29, 1.82) is 0 Å². The molecular weight excluding hydrogens is 150 g/mol. The van der Waals surface area contributed by atoms with E-state index in [1.165, 1.54) is 0 Å². The number of hydrogen-bond acceptors (Lipinski definition) is 3. The number of aliphatic carboxylic acids is 1. The molecule has 0 aliphatic rings. The molecule has 0 saturated heterocycles. The Labute approximate surface area is 64.4 Å². The van der Waals surface area contributed by atoms with Crippen molar-refractivity contribution in [2.45, 2.75) is 20.8 Å². The van der Waals surface area contributed by atoms with Crippen molar-refractivity contribution in [3.63, 3.8) is 0 Å². The fraction of sp³-hybridized carbons (Fsp3) is 0.500.